The Kier molecular flexibility index (Phi) is 2.77. The molecule has 0 aliphatic heterocycles. The maximum absolute atomic E-state index is 5.72. The molecule has 0 unspecified atom stereocenters. The predicted octanol–water partition coefficient (Wildman–Crippen LogP) is 1.55. The molecule has 0 aliphatic rings. The summed E-state index contributed by atoms with van der Waals surface area (Å²) in [7, 11) is 1.61. The first-order valence-electron chi connectivity index (χ1n) is 4.25. The molecule has 1 heterocycles. The fraction of sp³-hybridized carbons (Fsp3) is 0.111. The quantitative estimate of drug-likeness (QED) is 0.770. The molecule has 5 nitrogen and oxygen atoms in total. The lowest BCUT2D eigenvalue weighted by Crippen LogP contribution is -1.89. The number of benzene rings is 1. The summed E-state index contributed by atoms with van der Waals surface area (Å²) in [4.78, 5) is 4.97. The van der Waals surface area contributed by atoms with Gasteiger partial charge in [-0.15, -0.1) is 0 Å². The van der Waals surface area contributed by atoms with Gasteiger partial charge in [0.2, 0.25) is 0 Å². The Morgan fingerprint density at radius 3 is 2.93 bits per heavy atom. The van der Waals surface area contributed by atoms with Crippen molar-refractivity contribution in [1.29, 1.82) is 0 Å². The van der Waals surface area contributed by atoms with Gasteiger partial charge in [0.15, 0.2) is 5.16 Å². The molecule has 0 saturated heterocycles. The van der Waals surface area contributed by atoms with Gasteiger partial charge in [-0.3, -0.25) is 5.10 Å². The zero-order valence-corrected chi connectivity index (χ0v) is 8.91. The van der Waals surface area contributed by atoms with E-state index in [1.165, 1.54) is 18.1 Å². The zero-order valence-electron chi connectivity index (χ0n) is 8.10. The third kappa shape index (κ3) is 2.41. The number of nitrogen functional groups attached to an aromatic ring is 1. The van der Waals surface area contributed by atoms with E-state index in [4.69, 9.17) is 10.5 Å². The number of anilines is 1. The van der Waals surface area contributed by atoms with Crippen molar-refractivity contribution >= 4 is 17.4 Å². The number of rotatable bonds is 3. The topological polar surface area (TPSA) is 76.8 Å². The predicted molar refractivity (Wildman–Crippen MR) is 57.9 cm³/mol. The molecule has 1 aromatic carbocycles. The van der Waals surface area contributed by atoms with Crippen molar-refractivity contribution in [2.45, 2.75) is 10.1 Å². The summed E-state index contributed by atoms with van der Waals surface area (Å²) in [6.07, 6.45) is 1.46. The van der Waals surface area contributed by atoms with Crippen LogP contribution in [0.5, 0.6) is 5.75 Å². The van der Waals surface area contributed by atoms with E-state index in [1.54, 1.807) is 13.2 Å². The molecule has 0 atom stereocenters. The normalized spacial score (nSPS) is 10.2. The molecule has 0 radical (unpaired) electrons. The first kappa shape index (κ1) is 9.85. The van der Waals surface area contributed by atoms with E-state index in [1.807, 2.05) is 12.1 Å². The van der Waals surface area contributed by atoms with Crippen molar-refractivity contribution < 1.29 is 4.74 Å². The standard InChI is InChI=1S/C9H10N4OS/c1-14-7-2-6(10)3-8(4-7)15-9-11-5-12-13-9/h2-5H,10H2,1H3,(H,11,12,13). The summed E-state index contributed by atoms with van der Waals surface area (Å²) in [5.41, 5.74) is 6.39. The van der Waals surface area contributed by atoms with E-state index in [9.17, 15) is 0 Å². The van der Waals surface area contributed by atoms with Crippen LogP contribution in [0.1, 0.15) is 0 Å². The Hall–Kier alpha value is -1.69. The highest BCUT2D eigenvalue weighted by Gasteiger charge is 2.03. The first-order chi connectivity index (χ1) is 7.28. The SMILES string of the molecule is COc1cc(N)cc(Sc2ncn[nH]2)c1. The number of methoxy groups -OCH3 is 1. The summed E-state index contributed by atoms with van der Waals surface area (Å²) in [5, 5.41) is 7.25. The van der Waals surface area contributed by atoms with Gasteiger partial charge in [0.1, 0.15) is 12.1 Å². The summed E-state index contributed by atoms with van der Waals surface area (Å²) < 4.78 is 5.12. The smallest absolute Gasteiger partial charge is 0.188 e. The van der Waals surface area contributed by atoms with Gasteiger partial charge in [0.05, 0.1) is 7.11 Å². The minimum absolute atomic E-state index is 0.663. The molecule has 1 aromatic heterocycles. The van der Waals surface area contributed by atoms with E-state index in [2.05, 4.69) is 15.2 Å². The number of aromatic amines is 1. The third-order valence-corrected chi connectivity index (χ3v) is 2.61. The Bertz CT molecular complexity index is 443. The lowest BCUT2D eigenvalue weighted by atomic mass is 10.3. The number of H-pyrrole nitrogens is 1. The number of hydrogen-bond acceptors (Lipinski definition) is 5. The summed E-state index contributed by atoms with van der Waals surface area (Å²) >= 11 is 1.45. The fourth-order valence-corrected chi connectivity index (χ4v) is 1.92. The van der Waals surface area contributed by atoms with Crippen LogP contribution in [0.3, 0.4) is 0 Å². The van der Waals surface area contributed by atoms with E-state index in [-0.39, 0.29) is 0 Å². The van der Waals surface area contributed by atoms with Gasteiger partial charge in [0.25, 0.3) is 0 Å². The molecule has 0 amide bonds. The number of aromatic nitrogens is 3. The second-order valence-corrected chi connectivity index (χ2v) is 3.90. The minimum Gasteiger partial charge on any atom is -0.497 e. The Balaban J connectivity index is 2.24. The third-order valence-electron chi connectivity index (χ3n) is 1.75. The molecule has 2 rings (SSSR count). The van der Waals surface area contributed by atoms with Gasteiger partial charge >= 0.3 is 0 Å². The molecule has 0 aliphatic carbocycles. The van der Waals surface area contributed by atoms with Crippen molar-refractivity contribution in [3.63, 3.8) is 0 Å². The highest BCUT2D eigenvalue weighted by molar-refractivity contribution is 7.99. The van der Waals surface area contributed by atoms with Crippen LogP contribution >= 0.6 is 11.8 Å². The van der Waals surface area contributed by atoms with E-state index in [0.29, 0.717) is 5.69 Å². The highest BCUT2D eigenvalue weighted by Crippen LogP contribution is 2.29. The second kappa shape index (κ2) is 4.22. The number of nitrogens with zero attached hydrogens (tertiary/aromatic N) is 2. The van der Waals surface area contributed by atoms with Gasteiger partial charge in [-0.25, -0.2) is 4.98 Å². The van der Waals surface area contributed by atoms with Gasteiger partial charge in [-0.05, 0) is 12.1 Å². The molecular formula is C9H10N4OS. The van der Waals surface area contributed by atoms with Gasteiger partial charge < -0.3 is 10.5 Å². The average molecular weight is 222 g/mol. The van der Waals surface area contributed by atoms with E-state index < -0.39 is 0 Å². The molecule has 0 bridgehead atoms. The maximum Gasteiger partial charge on any atom is 0.188 e. The van der Waals surface area contributed by atoms with E-state index >= 15 is 0 Å². The van der Waals surface area contributed by atoms with Crippen LogP contribution in [0.2, 0.25) is 0 Å². The Morgan fingerprint density at radius 1 is 1.40 bits per heavy atom. The van der Waals surface area contributed by atoms with Gasteiger partial charge in [0, 0.05) is 16.6 Å². The molecular weight excluding hydrogens is 212 g/mol. The van der Waals surface area contributed by atoms with Crippen molar-refractivity contribution in [2.24, 2.45) is 0 Å². The molecule has 78 valence electrons. The summed E-state index contributed by atoms with van der Waals surface area (Å²) in [5.74, 6) is 0.733. The second-order valence-electron chi connectivity index (χ2n) is 2.83. The van der Waals surface area contributed by atoms with Crippen molar-refractivity contribution in [3.05, 3.63) is 24.5 Å². The summed E-state index contributed by atoms with van der Waals surface area (Å²) in [6, 6.07) is 5.52. The van der Waals surface area contributed by atoms with Crippen molar-refractivity contribution in [1.82, 2.24) is 15.2 Å². The molecule has 2 aromatic rings. The monoisotopic (exact) mass is 222 g/mol. The van der Waals surface area contributed by atoms with Crippen LogP contribution in [-0.2, 0) is 0 Å². The molecule has 15 heavy (non-hydrogen) atoms. The fourth-order valence-electron chi connectivity index (χ4n) is 1.13. The zero-order chi connectivity index (χ0) is 10.7. The van der Waals surface area contributed by atoms with Crippen LogP contribution in [-0.4, -0.2) is 22.3 Å². The van der Waals surface area contributed by atoms with Crippen molar-refractivity contribution in [3.8, 4) is 5.75 Å². The van der Waals surface area contributed by atoms with Gasteiger partial charge in [-0.1, -0.05) is 11.8 Å². The van der Waals surface area contributed by atoms with Crippen LogP contribution < -0.4 is 10.5 Å². The summed E-state index contributed by atoms with van der Waals surface area (Å²) in [6.45, 7) is 0. The lowest BCUT2D eigenvalue weighted by Gasteiger charge is -2.04. The average Bonchev–Trinajstić information content (AvgIpc) is 2.69. The molecule has 0 fully saturated rings. The highest BCUT2D eigenvalue weighted by atomic mass is 32.2. The lowest BCUT2D eigenvalue weighted by molar-refractivity contribution is 0.414. The maximum atomic E-state index is 5.72. The van der Waals surface area contributed by atoms with Crippen LogP contribution in [0.25, 0.3) is 0 Å². The molecule has 3 N–H and O–H groups in total. The van der Waals surface area contributed by atoms with Crippen LogP contribution in [0.15, 0.2) is 34.6 Å². The molecule has 6 heteroatoms. The van der Waals surface area contributed by atoms with Crippen LogP contribution in [0.4, 0.5) is 5.69 Å². The molecule has 0 spiro atoms. The minimum atomic E-state index is 0.663. The number of hydrogen-bond donors (Lipinski definition) is 2. The Morgan fingerprint density at radius 2 is 2.27 bits per heavy atom. The van der Waals surface area contributed by atoms with E-state index in [0.717, 1.165) is 15.8 Å². The molecule has 0 saturated carbocycles. The number of ether oxygens (including phenoxy) is 1. The largest absolute Gasteiger partial charge is 0.497 e. The first-order valence-corrected chi connectivity index (χ1v) is 5.07. The van der Waals surface area contributed by atoms with Crippen molar-refractivity contribution in [2.75, 3.05) is 12.8 Å². The van der Waals surface area contributed by atoms with Gasteiger partial charge in [-0.2, -0.15) is 5.10 Å². The number of nitrogens with two attached hydrogens (primary N) is 1. The van der Waals surface area contributed by atoms with Crippen LogP contribution in [0, 0.1) is 0 Å². The Labute approximate surface area is 91.0 Å². The number of nitrogens with one attached hydrogen (secondary N) is 1.